The van der Waals surface area contributed by atoms with E-state index in [4.69, 9.17) is 0 Å². The summed E-state index contributed by atoms with van der Waals surface area (Å²) in [5.41, 5.74) is 1.37. The zero-order valence-electron chi connectivity index (χ0n) is 13.5. The number of benzene rings is 1. The summed E-state index contributed by atoms with van der Waals surface area (Å²) in [4.78, 5) is 26.7. The van der Waals surface area contributed by atoms with Crippen molar-refractivity contribution < 1.29 is 9.59 Å². The standard InChI is InChI=1S/C18H25N3O2/c22-17(14-5-2-1-3-6-14)20-16-8-4-7-15(13-16)18(23)21-11-9-19-10-12-21/h4,7-8,13-14,19H,1-3,5-6,9-12H2,(H,20,22). The lowest BCUT2D eigenvalue weighted by molar-refractivity contribution is -0.120. The number of nitrogens with one attached hydrogen (secondary N) is 2. The molecule has 2 aliphatic rings. The number of hydrogen-bond donors (Lipinski definition) is 2. The molecule has 1 aromatic rings. The van der Waals surface area contributed by atoms with Crippen LogP contribution in [0, 0.1) is 5.92 Å². The Balaban J connectivity index is 1.64. The molecule has 5 nitrogen and oxygen atoms in total. The largest absolute Gasteiger partial charge is 0.336 e. The van der Waals surface area contributed by atoms with E-state index in [9.17, 15) is 9.59 Å². The Labute approximate surface area is 137 Å². The summed E-state index contributed by atoms with van der Waals surface area (Å²) in [5.74, 6) is 0.257. The summed E-state index contributed by atoms with van der Waals surface area (Å²) in [6.45, 7) is 3.14. The fourth-order valence-corrected chi connectivity index (χ4v) is 3.39. The van der Waals surface area contributed by atoms with Crippen molar-refractivity contribution in [3.05, 3.63) is 29.8 Å². The second-order valence-corrected chi connectivity index (χ2v) is 6.45. The van der Waals surface area contributed by atoms with Gasteiger partial charge < -0.3 is 15.5 Å². The Bertz CT molecular complexity index is 561. The van der Waals surface area contributed by atoms with Crippen LogP contribution in [0.25, 0.3) is 0 Å². The van der Waals surface area contributed by atoms with Gasteiger partial charge in [0.1, 0.15) is 0 Å². The van der Waals surface area contributed by atoms with Crippen LogP contribution in [0.2, 0.25) is 0 Å². The summed E-state index contributed by atoms with van der Waals surface area (Å²) in [5, 5.41) is 6.23. The molecule has 1 aliphatic carbocycles. The van der Waals surface area contributed by atoms with E-state index in [1.807, 2.05) is 23.1 Å². The molecule has 0 unspecified atom stereocenters. The van der Waals surface area contributed by atoms with Gasteiger partial charge in [-0.15, -0.1) is 0 Å². The van der Waals surface area contributed by atoms with Gasteiger partial charge >= 0.3 is 0 Å². The fourth-order valence-electron chi connectivity index (χ4n) is 3.39. The Kier molecular flexibility index (Phi) is 5.28. The normalized spacial score (nSPS) is 19.4. The predicted octanol–water partition coefficient (Wildman–Crippen LogP) is 2.25. The van der Waals surface area contributed by atoms with Crippen LogP contribution in [-0.2, 0) is 4.79 Å². The molecule has 5 heteroatoms. The summed E-state index contributed by atoms with van der Waals surface area (Å²) in [6.07, 6.45) is 5.47. The van der Waals surface area contributed by atoms with E-state index in [-0.39, 0.29) is 17.7 Å². The van der Waals surface area contributed by atoms with Gasteiger partial charge in [-0.05, 0) is 31.0 Å². The number of amides is 2. The van der Waals surface area contributed by atoms with Crippen LogP contribution in [0.5, 0.6) is 0 Å². The second kappa shape index (κ2) is 7.59. The molecule has 0 spiro atoms. The summed E-state index contributed by atoms with van der Waals surface area (Å²) in [6, 6.07) is 7.31. The number of nitrogens with zero attached hydrogens (tertiary/aromatic N) is 1. The maximum Gasteiger partial charge on any atom is 0.254 e. The maximum atomic E-state index is 12.5. The van der Waals surface area contributed by atoms with Crippen LogP contribution < -0.4 is 10.6 Å². The SMILES string of the molecule is O=C(Nc1cccc(C(=O)N2CCNCC2)c1)C1CCCCC1. The van der Waals surface area contributed by atoms with E-state index in [1.165, 1.54) is 6.42 Å². The molecule has 2 N–H and O–H groups in total. The van der Waals surface area contributed by atoms with E-state index in [2.05, 4.69) is 10.6 Å². The van der Waals surface area contributed by atoms with Gasteiger partial charge in [-0.25, -0.2) is 0 Å². The number of anilines is 1. The highest BCUT2D eigenvalue weighted by molar-refractivity contribution is 5.97. The molecule has 124 valence electrons. The van der Waals surface area contributed by atoms with Crippen molar-refractivity contribution in [2.45, 2.75) is 32.1 Å². The highest BCUT2D eigenvalue weighted by Crippen LogP contribution is 2.25. The van der Waals surface area contributed by atoms with Crippen LogP contribution in [0.3, 0.4) is 0 Å². The van der Waals surface area contributed by atoms with Gasteiger partial charge in [0.25, 0.3) is 5.91 Å². The number of hydrogen-bond acceptors (Lipinski definition) is 3. The quantitative estimate of drug-likeness (QED) is 0.899. The van der Waals surface area contributed by atoms with Crippen molar-refractivity contribution in [3.63, 3.8) is 0 Å². The Morgan fingerprint density at radius 1 is 1.09 bits per heavy atom. The third-order valence-electron chi connectivity index (χ3n) is 4.76. The van der Waals surface area contributed by atoms with Crippen molar-refractivity contribution in [2.75, 3.05) is 31.5 Å². The molecular formula is C18H25N3O2. The predicted molar refractivity (Wildman–Crippen MR) is 90.4 cm³/mol. The van der Waals surface area contributed by atoms with E-state index >= 15 is 0 Å². The zero-order chi connectivity index (χ0) is 16.1. The molecule has 1 saturated heterocycles. The van der Waals surface area contributed by atoms with E-state index in [0.29, 0.717) is 5.56 Å². The number of carbonyl (C=O) groups excluding carboxylic acids is 2. The Morgan fingerprint density at radius 2 is 1.83 bits per heavy atom. The molecule has 23 heavy (non-hydrogen) atoms. The molecule has 1 saturated carbocycles. The average Bonchev–Trinajstić information content (AvgIpc) is 2.63. The first kappa shape index (κ1) is 16.0. The van der Waals surface area contributed by atoms with Crippen LogP contribution >= 0.6 is 0 Å². The van der Waals surface area contributed by atoms with E-state index in [0.717, 1.165) is 57.5 Å². The van der Waals surface area contributed by atoms with Gasteiger partial charge in [0, 0.05) is 43.3 Å². The molecule has 1 aliphatic heterocycles. The molecule has 2 fully saturated rings. The van der Waals surface area contributed by atoms with Gasteiger partial charge in [0.2, 0.25) is 5.91 Å². The first-order chi connectivity index (χ1) is 11.2. The lowest BCUT2D eigenvalue weighted by Gasteiger charge is -2.27. The van der Waals surface area contributed by atoms with Crippen LogP contribution in [0.4, 0.5) is 5.69 Å². The molecule has 0 bridgehead atoms. The second-order valence-electron chi connectivity index (χ2n) is 6.45. The van der Waals surface area contributed by atoms with Crippen molar-refractivity contribution in [1.29, 1.82) is 0 Å². The first-order valence-electron chi connectivity index (χ1n) is 8.65. The minimum absolute atomic E-state index is 0.0419. The molecular weight excluding hydrogens is 290 g/mol. The third kappa shape index (κ3) is 4.10. The topological polar surface area (TPSA) is 61.4 Å². The maximum absolute atomic E-state index is 12.5. The lowest BCUT2D eigenvalue weighted by atomic mass is 9.88. The smallest absolute Gasteiger partial charge is 0.254 e. The van der Waals surface area contributed by atoms with Gasteiger partial charge in [-0.2, -0.15) is 0 Å². The minimum atomic E-state index is 0.0419. The van der Waals surface area contributed by atoms with Crippen molar-refractivity contribution in [2.24, 2.45) is 5.92 Å². The van der Waals surface area contributed by atoms with Crippen LogP contribution in [0.15, 0.2) is 24.3 Å². The first-order valence-corrected chi connectivity index (χ1v) is 8.65. The van der Waals surface area contributed by atoms with Gasteiger partial charge in [-0.3, -0.25) is 9.59 Å². The van der Waals surface area contributed by atoms with Crippen LogP contribution in [-0.4, -0.2) is 42.9 Å². The molecule has 0 radical (unpaired) electrons. The van der Waals surface area contributed by atoms with E-state index in [1.54, 1.807) is 6.07 Å². The fraction of sp³-hybridized carbons (Fsp3) is 0.556. The van der Waals surface area contributed by atoms with Crippen molar-refractivity contribution >= 4 is 17.5 Å². The molecule has 0 atom stereocenters. The molecule has 0 aromatic heterocycles. The average molecular weight is 315 g/mol. The van der Waals surface area contributed by atoms with Gasteiger partial charge in [-0.1, -0.05) is 25.3 Å². The van der Waals surface area contributed by atoms with Gasteiger partial charge in [0.15, 0.2) is 0 Å². The van der Waals surface area contributed by atoms with Crippen molar-refractivity contribution in [3.8, 4) is 0 Å². The summed E-state index contributed by atoms with van der Waals surface area (Å²) in [7, 11) is 0. The molecule has 3 rings (SSSR count). The number of piperazine rings is 1. The zero-order valence-corrected chi connectivity index (χ0v) is 13.5. The van der Waals surface area contributed by atoms with E-state index < -0.39 is 0 Å². The Morgan fingerprint density at radius 3 is 2.57 bits per heavy atom. The van der Waals surface area contributed by atoms with Crippen molar-refractivity contribution in [1.82, 2.24) is 10.2 Å². The summed E-state index contributed by atoms with van der Waals surface area (Å²) < 4.78 is 0. The third-order valence-corrected chi connectivity index (χ3v) is 4.76. The summed E-state index contributed by atoms with van der Waals surface area (Å²) >= 11 is 0. The number of carbonyl (C=O) groups is 2. The van der Waals surface area contributed by atoms with Crippen LogP contribution in [0.1, 0.15) is 42.5 Å². The monoisotopic (exact) mass is 315 g/mol. The minimum Gasteiger partial charge on any atom is -0.336 e. The molecule has 2 amide bonds. The Hall–Kier alpha value is -1.88. The molecule has 1 aromatic carbocycles. The lowest BCUT2D eigenvalue weighted by Crippen LogP contribution is -2.46. The number of rotatable bonds is 3. The van der Waals surface area contributed by atoms with Gasteiger partial charge in [0.05, 0.1) is 0 Å². The highest BCUT2D eigenvalue weighted by atomic mass is 16.2. The molecule has 1 heterocycles. The highest BCUT2D eigenvalue weighted by Gasteiger charge is 2.22.